The molecule has 4 aromatic rings. The minimum absolute atomic E-state index is 0.00395. The minimum Gasteiger partial charge on any atom is -0.511 e. The summed E-state index contributed by atoms with van der Waals surface area (Å²) in [5, 5.41) is 13.2. The number of amides is 1. The first-order chi connectivity index (χ1) is 22.1. The van der Waals surface area contributed by atoms with Crippen molar-refractivity contribution in [3.63, 3.8) is 0 Å². The van der Waals surface area contributed by atoms with Crippen LogP contribution in [0.15, 0.2) is 91.3 Å². The number of aliphatic hydroxyl groups is 1. The lowest BCUT2D eigenvalue weighted by Crippen LogP contribution is -2.37. The summed E-state index contributed by atoms with van der Waals surface area (Å²) in [6, 6.07) is 22.5. The molecule has 1 atom stereocenters. The van der Waals surface area contributed by atoms with Crippen LogP contribution in [-0.2, 0) is 11.8 Å². The molecule has 1 aromatic heterocycles. The maximum atomic E-state index is 12.9. The summed E-state index contributed by atoms with van der Waals surface area (Å²) in [5.41, 5.74) is 5.14. The molecule has 0 aliphatic rings. The van der Waals surface area contributed by atoms with Crippen LogP contribution < -0.4 is 14.8 Å². The first-order valence-electron chi connectivity index (χ1n) is 16.1. The van der Waals surface area contributed by atoms with Crippen LogP contribution in [0.5, 0.6) is 11.6 Å². The van der Waals surface area contributed by atoms with E-state index in [1.54, 1.807) is 13.3 Å². The number of methoxy groups -OCH3 is 1. The molecule has 4 rings (SSSR count). The van der Waals surface area contributed by atoms with Crippen molar-refractivity contribution in [2.24, 2.45) is 0 Å². The fourth-order valence-corrected chi connectivity index (χ4v) is 5.13. The molecule has 0 saturated carbocycles. The van der Waals surface area contributed by atoms with Gasteiger partial charge in [0.2, 0.25) is 5.88 Å². The first-order valence-corrected chi connectivity index (χ1v) is 16.1. The summed E-state index contributed by atoms with van der Waals surface area (Å²) in [6.45, 7) is 13.0. The average Bonchev–Trinajstić information content (AvgIpc) is 3.06. The third kappa shape index (κ3) is 9.43. The second-order valence-electron chi connectivity index (χ2n) is 12.6. The molecule has 242 valence electrons. The van der Waals surface area contributed by atoms with Gasteiger partial charge in [-0.15, -0.1) is 0 Å². The fourth-order valence-electron chi connectivity index (χ4n) is 5.13. The number of nitrogens with zero attached hydrogens (tertiary/aromatic N) is 2. The summed E-state index contributed by atoms with van der Waals surface area (Å²) in [5.74, 6) is 1.49. The third-order valence-electron chi connectivity index (χ3n) is 8.00. The zero-order chi connectivity index (χ0) is 33.1. The van der Waals surface area contributed by atoms with Crippen LogP contribution in [0.1, 0.15) is 81.3 Å². The van der Waals surface area contributed by atoms with Crippen LogP contribution in [-0.4, -0.2) is 40.7 Å². The third-order valence-corrected chi connectivity index (χ3v) is 8.00. The molecule has 46 heavy (non-hydrogen) atoms. The normalized spacial score (nSPS) is 11.9. The fraction of sp³-hybridized carbons (Fsp3) is 0.359. The van der Waals surface area contributed by atoms with E-state index in [1.165, 1.54) is 25.7 Å². The Balaban J connectivity index is 1.39. The minimum atomic E-state index is -0.640. The Bertz CT molecular complexity index is 1570. The van der Waals surface area contributed by atoms with Crippen molar-refractivity contribution < 1.29 is 19.4 Å². The highest BCUT2D eigenvalue weighted by Crippen LogP contribution is 2.31. The predicted molar refractivity (Wildman–Crippen MR) is 186 cm³/mol. The Morgan fingerprint density at radius 2 is 1.57 bits per heavy atom. The number of carbonyl (C=O) groups excluding carboxylic acids is 1. The molecule has 0 unspecified atom stereocenters. The van der Waals surface area contributed by atoms with Crippen molar-refractivity contribution in [2.45, 2.75) is 77.7 Å². The van der Waals surface area contributed by atoms with Crippen LogP contribution in [0.2, 0.25) is 0 Å². The second-order valence-corrected chi connectivity index (χ2v) is 12.6. The lowest BCUT2D eigenvalue weighted by Gasteiger charge is -2.20. The zero-order valence-electron chi connectivity index (χ0n) is 27.8. The highest BCUT2D eigenvalue weighted by molar-refractivity contribution is 5.94. The van der Waals surface area contributed by atoms with Crippen molar-refractivity contribution in [3.05, 3.63) is 108 Å². The SMILES string of the molecule is C=C(O)[C@H](Cc1ccc(-c2ncc(-c3ccc(OCCCCCCC)cc3)c(OC)n2)cc1)NC(=O)c1ccc(C(C)(C)C)cc1. The van der Waals surface area contributed by atoms with Gasteiger partial charge in [0.05, 0.1) is 25.3 Å². The van der Waals surface area contributed by atoms with E-state index < -0.39 is 6.04 Å². The van der Waals surface area contributed by atoms with Gasteiger partial charge in [0.25, 0.3) is 5.91 Å². The van der Waals surface area contributed by atoms with Gasteiger partial charge in [-0.05, 0) is 59.2 Å². The van der Waals surface area contributed by atoms with E-state index in [0.717, 1.165) is 46.6 Å². The number of carbonyl (C=O) groups is 1. The van der Waals surface area contributed by atoms with E-state index in [-0.39, 0.29) is 17.1 Å². The van der Waals surface area contributed by atoms with Crippen LogP contribution in [0, 0.1) is 0 Å². The van der Waals surface area contributed by atoms with E-state index in [9.17, 15) is 9.90 Å². The maximum absolute atomic E-state index is 12.9. The van der Waals surface area contributed by atoms with Gasteiger partial charge in [-0.3, -0.25) is 4.79 Å². The summed E-state index contributed by atoms with van der Waals surface area (Å²) >= 11 is 0. The Morgan fingerprint density at radius 1 is 0.913 bits per heavy atom. The molecular weight excluding hydrogens is 574 g/mol. The quantitative estimate of drug-likeness (QED) is 0.102. The van der Waals surface area contributed by atoms with Gasteiger partial charge in [0, 0.05) is 17.3 Å². The maximum Gasteiger partial charge on any atom is 0.251 e. The number of aliphatic hydroxyl groups excluding tert-OH is 1. The van der Waals surface area contributed by atoms with Gasteiger partial charge >= 0.3 is 0 Å². The van der Waals surface area contributed by atoms with Gasteiger partial charge in [-0.2, -0.15) is 4.98 Å². The van der Waals surface area contributed by atoms with E-state index in [1.807, 2.05) is 72.8 Å². The Labute approximate surface area is 273 Å². The molecule has 0 aliphatic heterocycles. The highest BCUT2D eigenvalue weighted by atomic mass is 16.5. The largest absolute Gasteiger partial charge is 0.511 e. The van der Waals surface area contributed by atoms with Crippen LogP contribution in [0.25, 0.3) is 22.5 Å². The molecule has 7 heteroatoms. The van der Waals surface area contributed by atoms with E-state index >= 15 is 0 Å². The molecule has 0 fully saturated rings. The molecule has 0 aliphatic carbocycles. The molecule has 1 heterocycles. The lowest BCUT2D eigenvalue weighted by molar-refractivity contribution is 0.0933. The number of benzene rings is 3. The smallest absolute Gasteiger partial charge is 0.251 e. The molecule has 0 saturated heterocycles. The molecule has 1 amide bonds. The van der Waals surface area contributed by atoms with Crippen LogP contribution >= 0.6 is 0 Å². The molecule has 0 radical (unpaired) electrons. The summed E-state index contributed by atoms with van der Waals surface area (Å²) < 4.78 is 11.6. The van der Waals surface area contributed by atoms with Gasteiger partial charge in [0.15, 0.2) is 5.82 Å². The Kier molecular flexibility index (Phi) is 12.0. The van der Waals surface area contributed by atoms with E-state index in [0.29, 0.717) is 23.7 Å². The predicted octanol–water partition coefficient (Wildman–Crippen LogP) is 8.88. The van der Waals surface area contributed by atoms with Crippen molar-refractivity contribution >= 4 is 5.91 Å². The number of nitrogens with one attached hydrogen (secondary N) is 1. The molecule has 0 bridgehead atoms. The highest BCUT2D eigenvalue weighted by Gasteiger charge is 2.19. The lowest BCUT2D eigenvalue weighted by atomic mass is 9.86. The molecule has 7 nitrogen and oxygen atoms in total. The number of aromatic nitrogens is 2. The number of unbranched alkanes of at least 4 members (excludes halogenated alkanes) is 4. The number of hydrogen-bond acceptors (Lipinski definition) is 6. The Morgan fingerprint density at radius 3 is 2.17 bits per heavy atom. The van der Waals surface area contributed by atoms with Crippen LogP contribution in [0.3, 0.4) is 0 Å². The zero-order valence-corrected chi connectivity index (χ0v) is 27.8. The molecule has 2 N–H and O–H groups in total. The van der Waals surface area contributed by atoms with Gasteiger partial charge in [-0.25, -0.2) is 4.98 Å². The van der Waals surface area contributed by atoms with E-state index in [2.05, 4.69) is 49.6 Å². The van der Waals surface area contributed by atoms with Crippen molar-refractivity contribution in [1.29, 1.82) is 0 Å². The monoisotopic (exact) mass is 621 g/mol. The summed E-state index contributed by atoms with van der Waals surface area (Å²) in [6.07, 6.45) is 8.18. The van der Waals surface area contributed by atoms with Crippen LogP contribution in [0.4, 0.5) is 0 Å². The van der Waals surface area contributed by atoms with Crippen molar-refractivity contribution in [1.82, 2.24) is 15.3 Å². The summed E-state index contributed by atoms with van der Waals surface area (Å²) in [7, 11) is 1.60. The molecular formula is C39H47N3O4. The topological polar surface area (TPSA) is 93.6 Å². The van der Waals surface area contributed by atoms with Gasteiger partial charge < -0.3 is 19.9 Å². The Hall–Kier alpha value is -4.65. The van der Waals surface area contributed by atoms with Crippen molar-refractivity contribution in [2.75, 3.05) is 13.7 Å². The van der Waals surface area contributed by atoms with E-state index in [4.69, 9.17) is 9.47 Å². The average molecular weight is 622 g/mol. The first kappa shape index (κ1) is 34.2. The van der Waals surface area contributed by atoms with Gasteiger partial charge in [0.1, 0.15) is 11.5 Å². The van der Waals surface area contributed by atoms with Gasteiger partial charge in [-0.1, -0.05) is 108 Å². The second kappa shape index (κ2) is 16.1. The number of hydrogen-bond donors (Lipinski definition) is 2. The standard InChI is InChI=1S/C39H47N3O4/c1-7-8-9-10-11-24-46-33-22-18-29(19-23-33)34-26-40-36(42-38(34)45-6)30-14-12-28(13-15-30)25-35(27(2)43)41-37(44)31-16-20-32(21-17-31)39(3,4)5/h12-23,26,35,43H,2,7-11,24-25H2,1,3-6H3,(H,41,44)/t35-/m0/s1. The number of rotatable bonds is 15. The summed E-state index contributed by atoms with van der Waals surface area (Å²) in [4.78, 5) is 22.2. The van der Waals surface area contributed by atoms with Crippen molar-refractivity contribution in [3.8, 4) is 34.1 Å². The number of ether oxygens (including phenoxy) is 2. The molecule has 0 spiro atoms. The molecule has 3 aromatic carbocycles.